The maximum atomic E-state index is 12.3. The molecule has 6 nitrogen and oxygen atoms in total. The molecule has 0 atom stereocenters. The monoisotopic (exact) mass is 314 g/mol. The van der Waals surface area contributed by atoms with Crippen LogP contribution in [-0.2, 0) is 10.0 Å². The molecule has 2 N–H and O–H groups in total. The van der Waals surface area contributed by atoms with Gasteiger partial charge in [0, 0.05) is 5.56 Å². The van der Waals surface area contributed by atoms with Crippen LogP contribution in [0, 0.1) is 6.92 Å². The van der Waals surface area contributed by atoms with Crippen molar-refractivity contribution in [2.45, 2.75) is 11.8 Å². The fourth-order valence-corrected chi connectivity index (χ4v) is 2.90. The molecule has 0 saturated carbocycles. The highest BCUT2D eigenvalue weighted by atomic mass is 32.2. The van der Waals surface area contributed by atoms with E-state index in [9.17, 15) is 8.42 Å². The third-order valence-electron chi connectivity index (χ3n) is 3.10. The first kappa shape index (κ1) is 14.3. The SMILES string of the molecule is Cc1ccc(S(=O)(=O)Nc2nnc(-c3ccccc3)[nH]2)cc1. The van der Waals surface area contributed by atoms with Gasteiger partial charge in [0.2, 0.25) is 5.95 Å². The summed E-state index contributed by atoms with van der Waals surface area (Å²) < 4.78 is 26.9. The van der Waals surface area contributed by atoms with Gasteiger partial charge in [-0.05, 0) is 19.1 Å². The smallest absolute Gasteiger partial charge is 0.264 e. The number of nitrogens with one attached hydrogen (secondary N) is 2. The number of benzene rings is 2. The minimum Gasteiger partial charge on any atom is -0.307 e. The molecule has 0 unspecified atom stereocenters. The standard InChI is InChI=1S/C15H14N4O2S/c1-11-7-9-13(10-8-11)22(20,21)19-15-16-14(17-18-15)12-5-3-2-4-6-12/h2-10H,1H3,(H2,16,17,18,19). The first-order valence-electron chi connectivity index (χ1n) is 6.62. The fourth-order valence-electron chi connectivity index (χ4n) is 1.94. The molecule has 3 aromatic rings. The van der Waals surface area contributed by atoms with Crippen molar-refractivity contribution < 1.29 is 8.42 Å². The van der Waals surface area contributed by atoms with Crippen molar-refractivity contribution in [3.8, 4) is 11.4 Å². The Morgan fingerprint density at radius 1 is 0.955 bits per heavy atom. The summed E-state index contributed by atoms with van der Waals surface area (Å²) in [6.07, 6.45) is 0. The summed E-state index contributed by atoms with van der Waals surface area (Å²) in [6, 6.07) is 15.9. The number of anilines is 1. The lowest BCUT2D eigenvalue weighted by molar-refractivity contribution is 0.601. The van der Waals surface area contributed by atoms with Crippen molar-refractivity contribution in [1.82, 2.24) is 15.2 Å². The van der Waals surface area contributed by atoms with E-state index >= 15 is 0 Å². The van der Waals surface area contributed by atoms with Crippen LogP contribution in [0.1, 0.15) is 5.56 Å². The van der Waals surface area contributed by atoms with Crippen LogP contribution >= 0.6 is 0 Å². The summed E-state index contributed by atoms with van der Waals surface area (Å²) >= 11 is 0. The molecule has 7 heteroatoms. The van der Waals surface area contributed by atoms with E-state index in [1.165, 1.54) is 0 Å². The third-order valence-corrected chi connectivity index (χ3v) is 4.45. The third kappa shape index (κ3) is 2.99. The van der Waals surface area contributed by atoms with Gasteiger partial charge in [-0.15, -0.1) is 10.2 Å². The van der Waals surface area contributed by atoms with E-state index in [1.54, 1.807) is 24.3 Å². The molecule has 22 heavy (non-hydrogen) atoms. The molecule has 0 spiro atoms. The Labute approximate surface area is 128 Å². The molecule has 0 aliphatic rings. The largest absolute Gasteiger partial charge is 0.307 e. The van der Waals surface area contributed by atoms with Crippen LogP contribution in [0.2, 0.25) is 0 Å². The van der Waals surface area contributed by atoms with Crippen molar-refractivity contribution in [3.05, 3.63) is 60.2 Å². The quantitative estimate of drug-likeness (QED) is 0.775. The zero-order valence-electron chi connectivity index (χ0n) is 11.8. The van der Waals surface area contributed by atoms with Gasteiger partial charge in [0.15, 0.2) is 5.82 Å². The molecule has 0 bridgehead atoms. The summed E-state index contributed by atoms with van der Waals surface area (Å²) in [5.74, 6) is 0.585. The van der Waals surface area contributed by atoms with Gasteiger partial charge in [0.05, 0.1) is 4.90 Å². The minimum atomic E-state index is -3.68. The Kier molecular flexibility index (Phi) is 3.64. The average molecular weight is 314 g/mol. The second kappa shape index (κ2) is 5.61. The predicted molar refractivity (Wildman–Crippen MR) is 83.8 cm³/mol. The Morgan fingerprint density at radius 2 is 1.64 bits per heavy atom. The predicted octanol–water partition coefficient (Wildman–Crippen LogP) is 2.58. The van der Waals surface area contributed by atoms with Crippen molar-refractivity contribution in [3.63, 3.8) is 0 Å². The first-order chi connectivity index (χ1) is 10.5. The fraction of sp³-hybridized carbons (Fsp3) is 0.0667. The molecule has 0 radical (unpaired) electrons. The number of hydrogen-bond donors (Lipinski definition) is 2. The topological polar surface area (TPSA) is 87.7 Å². The van der Waals surface area contributed by atoms with Crippen LogP contribution < -0.4 is 4.72 Å². The number of rotatable bonds is 4. The Balaban J connectivity index is 1.84. The van der Waals surface area contributed by atoms with E-state index in [4.69, 9.17) is 0 Å². The summed E-state index contributed by atoms with van der Waals surface area (Å²) in [4.78, 5) is 3.03. The number of hydrogen-bond acceptors (Lipinski definition) is 4. The lowest BCUT2D eigenvalue weighted by atomic mass is 10.2. The van der Waals surface area contributed by atoms with Crippen molar-refractivity contribution >= 4 is 16.0 Å². The molecule has 2 aromatic carbocycles. The summed E-state index contributed by atoms with van der Waals surface area (Å²) in [5, 5.41) is 7.77. The summed E-state index contributed by atoms with van der Waals surface area (Å²) in [5.41, 5.74) is 1.82. The Bertz CT molecular complexity index is 871. The van der Waals surface area contributed by atoms with Gasteiger partial charge in [0.25, 0.3) is 10.0 Å². The highest BCUT2D eigenvalue weighted by Crippen LogP contribution is 2.17. The lowest BCUT2D eigenvalue weighted by Gasteiger charge is -2.04. The number of nitrogens with zero attached hydrogens (tertiary/aromatic N) is 2. The van der Waals surface area contributed by atoms with E-state index < -0.39 is 10.0 Å². The second-order valence-corrected chi connectivity index (χ2v) is 6.49. The highest BCUT2D eigenvalue weighted by Gasteiger charge is 2.16. The molecular formula is C15H14N4O2S. The van der Waals surface area contributed by atoms with E-state index in [1.807, 2.05) is 37.3 Å². The van der Waals surface area contributed by atoms with Gasteiger partial charge in [0.1, 0.15) is 0 Å². The second-order valence-electron chi connectivity index (χ2n) is 4.81. The average Bonchev–Trinajstić information content (AvgIpc) is 2.96. The Morgan fingerprint density at radius 3 is 2.32 bits per heavy atom. The first-order valence-corrected chi connectivity index (χ1v) is 8.10. The molecule has 1 heterocycles. The van der Waals surface area contributed by atoms with E-state index in [-0.39, 0.29) is 10.8 Å². The molecule has 112 valence electrons. The number of aromatic nitrogens is 3. The maximum Gasteiger partial charge on any atom is 0.264 e. The number of sulfonamides is 1. The van der Waals surface area contributed by atoms with E-state index in [0.29, 0.717) is 5.82 Å². The lowest BCUT2D eigenvalue weighted by Crippen LogP contribution is -2.13. The number of aryl methyl sites for hydroxylation is 1. The van der Waals surface area contributed by atoms with Crippen LogP contribution in [0.15, 0.2) is 59.5 Å². The van der Waals surface area contributed by atoms with Crippen molar-refractivity contribution in [2.24, 2.45) is 0 Å². The summed E-state index contributed by atoms with van der Waals surface area (Å²) in [6.45, 7) is 1.90. The molecule has 0 fully saturated rings. The normalized spacial score (nSPS) is 11.3. The van der Waals surface area contributed by atoms with Gasteiger partial charge in [-0.3, -0.25) is 0 Å². The van der Waals surface area contributed by atoms with Crippen molar-refractivity contribution in [2.75, 3.05) is 4.72 Å². The van der Waals surface area contributed by atoms with Gasteiger partial charge in [-0.25, -0.2) is 13.1 Å². The van der Waals surface area contributed by atoms with Gasteiger partial charge in [-0.1, -0.05) is 48.0 Å². The molecular weight excluding hydrogens is 300 g/mol. The minimum absolute atomic E-state index is 0.0828. The van der Waals surface area contributed by atoms with Gasteiger partial charge in [-0.2, -0.15) is 0 Å². The zero-order valence-corrected chi connectivity index (χ0v) is 12.6. The summed E-state index contributed by atoms with van der Waals surface area (Å²) in [7, 11) is -3.68. The molecule has 0 amide bonds. The Hall–Kier alpha value is -2.67. The number of H-pyrrole nitrogens is 1. The van der Waals surface area contributed by atoms with E-state index in [0.717, 1.165) is 11.1 Å². The van der Waals surface area contributed by atoms with Gasteiger partial charge < -0.3 is 4.98 Å². The van der Waals surface area contributed by atoms with Gasteiger partial charge >= 0.3 is 0 Å². The molecule has 3 rings (SSSR count). The van der Waals surface area contributed by atoms with Crippen LogP contribution in [-0.4, -0.2) is 23.6 Å². The van der Waals surface area contributed by atoms with Crippen LogP contribution in [0.3, 0.4) is 0 Å². The molecule has 1 aromatic heterocycles. The van der Waals surface area contributed by atoms with Crippen molar-refractivity contribution in [1.29, 1.82) is 0 Å². The van der Waals surface area contributed by atoms with E-state index in [2.05, 4.69) is 19.9 Å². The van der Waals surface area contributed by atoms with Crippen LogP contribution in [0.4, 0.5) is 5.95 Å². The molecule has 0 aliphatic heterocycles. The molecule has 0 saturated heterocycles. The van der Waals surface area contributed by atoms with Crippen LogP contribution in [0.5, 0.6) is 0 Å². The highest BCUT2D eigenvalue weighted by molar-refractivity contribution is 7.92. The zero-order chi connectivity index (χ0) is 15.6. The molecule has 0 aliphatic carbocycles. The maximum absolute atomic E-state index is 12.3. The number of aromatic amines is 1. The van der Waals surface area contributed by atoms with Crippen LogP contribution in [0.25, 0.3) is 11.4 Å².